The number of rotatable bonds is 7. The predicted octanol–water partition coefficient (Wildman–Crippen LogP) is 1.36. The van der Waals surface area contributed by atoms with Crippen LogP contribution in [0.1, 0.15) is 0 Å². The molecule has 16 heavy (non-hydrogen) atoms. The molecule has 2 N–H and O–H groups in total. The number of hydrogen-bond acceptors (Lipinski definition) is 5. The maximum absolute atomic E-state index is 5.70. The van der Waals surface area contributed by atoms with Gasteiger partial charge in [-0.05, 0) is 6.07 Å². The summed E-state index contributed by atoms with van der Waals surface area (Å²) < 4.78 is 15.4. The number of nitrogen functional groups attached to an aromatic ring is 1. The molecule has 0 spiro atoms. The molecule has 90 valence electrons. The fourth-order valence-corrected chi connectivity index (χ4v) is 1.17. The average molecular weight is 247 g/mol. The number of nitrogens with zero attached hydrogens (tertiary/aromatic N) is 1. The van der Waals surface area contributed by atoms with Crippen LogP contribution in [0.2, 0.25) is 5.02 Å². The first-order valence-electron chi connectivity index (χ1n) is 4.84. The van der Waals surface area contributed by atoms with Gasteiger partial charge in [0.1, 0.15) is 6.61 Å². The second-order valence-electron chi connectivity index (χ2n) is 3.00. The molecule has 1 aromatic heterocycles. The van der Waals surface area contributed by atoms with Crippen LogP contribution in [-0.2, 0) is 9.47 Å². The SMILES string of the molecule is COCCOCCOc1ncc(Cl)cc1N. The lowest BCUT2D eigenvalue weighted by atomic mass is 10.4. The highest BCUT2D eigenvalue weighted by Gasteiger charge is 2.02. The highest BCUT2D eigenvalue weighted by atomic mass is 35.5. The van der Waals surface area contributed by atoms with Crippen molar-refractivity contribution in [1.82, 2.24) is 4.98 Å². The number of anilines is 1. The second kappa shape index (κ2) is 7.27. The van der Waals surface area contributed by atoms with Gasteiger partial charge in [0, 0.05) is 13.3 Å². The van der Waals surface area contributed by atoms with Gasteiger partial charge in [-0.15, -0.1) is 0 Å². The standard InChI is InChI=1S/C10H15ClN2O3/c1-14-2-3-15-4-5-16-10-9(12)6-8(11)7-13-10/h6-7H,2-5,12H2,1H3. The van der Waals surface area contributed by atoms with Crippen molar-refractivity contribution in [3.05, 3.63) is 17.3 Å². The van der Waals surface area contributed by atoms with Gasteiger partial charge in [-0.2, -0.15) is 0 Å². The van der Waals surface area contributed by atoms with E-state index in [9.17, 15) is 0 Å². The third kappa shape index (κ3) is 4.65. The van der Waals surface area contributed by atoms with Gasteiger partial charge < -0.3 is 19.9 Å². The molecule has 0 unspecified atom stereocenters. The molecule has 0 bridgehead atoms. The first kappa shape index (κ1) is 13.0. The summed E-state index contributed by atoms with van der Waals surface area (Å²) >= 11 is 5.70. The van der Waals surface area contributed by atoms with E-state index in [1.54, 1.807) is 13.2 Å². The van der Waals surface area contributed by atoms with Crippen molar-refractivity contribution in [2.75, 3.05) is 39.3 Å². The number of halogens is 1. The second-order valence-corrected chi connectivity index (χ2v) is 3.44. The van der Waals surface area contributed by atoms with Gasteiger partial charge >= 0.3 is 0 Å². The van der Waals surface area contributed by atoms with Crippen LogP contribution in [0.25, 0.3) is 0 Å². The van der Waals surface area contributed by atoms with Gasteiger partial charge in [-0.3, -0.25) is 0 Å². The molecule has 1 rings (SSSR count). The largest absolute Gasteiger partial charge is 0.474 e. The fourth-order valence-electron chi connectivity index (χ4n) is 1.00. The van der Waals surface area contributed by atoms with E-state index >= 15 is 0 Å². The van der Waals surface area contributed by atoms with Crippen LogP contribution >= 0.6 is 11.6 Å². The van der Waals surface area contributed by atoms with Crippen LogP contribution < -0.4 is 10.5 Å². The third-order valence-corrected chi connectivity index (χ3v) is 1.95. The van der Waals surface area contributed by atoms with Crippen molar-refractivity contribution in [1.29, 1.82) is 0 Å². The lowest BCUT2D eigenvalue weighted by Crippen LogP contribution is -2.11. The van der Waals surface area contributed by atoms with Crippen LogP contribution in [0, 0.1) is 0 Å². The summed E-state index contributed by atoms with van der Waals surface area (Å²) in [4.78, 5) is 3.95. The van der Waals surface area contributed by atoms with Gasteiger partial charge in [-0.1, -0.05) is 11.6 Å². The van der Waals surface area contributed by atoms with E-state index in [-0.39, 0.29) is 0 Å². The number of hydrogen-bond donors (Lipinski definition) is 1. The lowest BCUT2D eigenvalue weighted by Gasteiger charge is -2.08. The number of aromatic nitrogens is 1. The minimum Gasteiger partial charge on any atom is -0.474 e. The van der Waals surface area contributed by atoms with Crippen molar-refractivity contribution < 1.29 is 14.2 Å². The molecule has 0 amide bonds. The average Bonchev–Trinajstić information content (AvgIpc) is 2.26. The van der Waals surface area contributed by atoms with Crippen molar-refractivity contribution in [3.8, 4) is 5.88 Å². The van der Waals surface area contributed by atoms with E-state index in [0.717, 1.165) is 0 Å². The highest BCUT2D eigenvalue weighted by molar-refractivity contribution is 6.30. The van der Waals surface area contributed by atoms with Crippen LogP contribution in [-0.4, -0.2) is 38.5 Å². The Morgan fingerprint density at radius 2 is 2.06 bits per heavy atom. The molecule has 0 aliphatic heterocycles. The molecule has 0 radical (unpaired) electrons. The smallest absolute Gasteiger partial charge is 0.237 e. The lowest BCUT2D eigenvalue weighted by molar-refractivity contribution is 0.0538. The molecule has 0 saturated carbocycles. The number of methoxy groups -OCH3 is 1. The Balaban J connectivity index is 2.21. The normalized spacial score (nSPS) is 10.4. The van der Waals surface area contributed by atoms with E-state index in [4.69, 9.17) is 31.5 Å². The molecule has 5 nitrogen and oxygen atoms in total. The predicted molar refractivity (Wildman–Crippen MR) is 61.8 cm³/mol. The van der Waals surface area contributed by atoms with Crippen molar-refractivity contribution in [3.63, 3.8) is 0 Å². The summed E-state index contributed by atoms with van der Waals surface area (Å²) in [5.41, 5.74) is 6.07. The van der Waals surface area contributed by atoms with Gasteiger partial charge in [0.05, 0.1) is 30.5 Å². The van der Waals surface area contributed by atoms with Crippen LogP contribution in [0.15, 0.2) is 12.3 Å². The summed E-state index contributed by atoms with van der Waals surface area (Å²) in [7, 11) is 1.62. The first-order chi connectivity index (χ1) is 7.74. The molecule has 0 aliphatic rings. The van der Waals surface area contributed by atoms with E-state index in [1.807, 2.05) is 0 Å². The zero-order chi connectivity index (χ0) is 11.8. The zero-order valence-electron chi connectivity index (χ0n) is 9.11. The molecular formula is C10H15ClN2O3. The summed E-state index contributed by atoms with van der Waals surface area (Å²) in [6, 6.07) is 1.59. The minimum atomic E-state index is 0.375. The highest BCUT2D eigenvalue weighted by Crippen LogP contribution is 2.21. The molecular weight excluding hydrogens is 232 g/mol. The Labute approximate surface area is 99.5 Å². The quantitative estimate of drug-likeness (QED) is 0.736. The Morgan fingerprint density at radius 1 is 1.31 bits per heavy atom. The molecule has 1 heterocycles. The molecule has 0 aliphatic carbocycles. The van der Waals surface area contributed by atoms with Crippen molar-refractivity contribution in [2.24, 2.45) is 0 Å². The Kier molecular flexibility index (Phi) is 5.92. The van der Waals surface area contributed by atoms with Gasteiger partial charge in [0.2, 0.25) is 5.88 Å². The number of ether oxygens (including phenoxy) is 3. The topological polar surface area (TPSA) is 66.6 Å². The number of nitrogens with two attached hydrogens (primary N) is 1. The summed E-state index contributed by atoms with van der Waals surface area (Å²) in [5, 5.41) is 0.487. The third-order valence-electron chi connectivity index (χ3n) is 1.74. The molecule has 0 aromatic carbocycles. The summed E-state index contributed by atoms with van der Waals surface area (Å²) in [6.45, 7) is 1.97. The summed E-state index contributed by atoms with van der Waals surface area (Å²) in [5.74, 6) is 0.375. The Hall–Kier alpha value is -1.04. The van der Waals surface area contributed by atoms with Gasteiger partial charge in [0.25, 0.3) is 0 Å². The maximum Gasteiger partial charge on any atom is 0.237 e. The zero-order valence-corrected chi connectivity index (χ0v) is 9.87. The van der Waals surface area contributed by atoms with Crippen molar-refractivity contribution in [2.45, 2.75) is 0 Å². The first-order valence-corrected chi connectivity index (χ1v) is 5.22. The van der Waals surface area contributed by atoms with Crippen molar-refractivity contribution >= 4 is 17.3 Å². The van der Waals surface area contributed by atoms with Crippen LogP contribution in [0.4, 0.5) is 5.69 Å². The maximum atomic E-state index is 5.70. The monoisotopic (exact) mass is 246 g/mol. The fraction of sp³-hybridized carbons (Fsp3) is 0.500. The summed E-state index contributed by atoms with van der Waals surface area (Å²) in [6.07, 6.45) is 1.49. The van der Waals surface area contributed by atoms with E-state index in [2.05, 4.69) is 4.98 Å². The molecule has 6 heteroatoms. The Bertz CT molecular complexity index is 323. The molecule has 0 atom stereocenters. The van der Waals surface area contributed by atoms with E-state index in [1.165, 1.54) is 6.20 Å². The molecule has 0 saturated heterocycles. The van der Waals surface area contributed by atoms with E-state index in [0.29, 0.717) is 43.0 Å². The van der Waals surface area contributed by atoms with E-state index < -0.39 is 0 Å². The molecule has 1 aromatic rings. The van der Waals surface area contributed by atoms with Gasteiger partial charge in [0.15, 0.2) is 0 Å². The molecule has 0 fully saturated rings. The van der Waals surface area contributed by atoms with Crippen LogP contribution in [0.3, 0.4) is 0 Å². The van der Waals surface area contributed by atoms with Gasteiger partial charge in [-0.25, -0.2) is 4.98 Å². The minimum absolute atomic E-state index is 0.375. The van der Waals surface area contributed by atoms with Crippen LogP contribution in [0.5, 0.6) is 5.88 Å². The Morgan fingerprint density at radius 3 is 2.75 bits per heavy atom. The number of pyridine rings is 1.